The lowest BCUT2D eigenvalue weighted by Crippen LogP contribution is -2.11. The van der Waals surface area contributed by atoms with Crippen molar-refractivity contribution in [3.63, 3.8) is 0 Å². The molecule has 0 radical (unpaired) electrons. The van der Waals surface area contributed by atoms with Crippen LogP contribution in [0, 0.1) is 0 Å². The van der Waals surface area contributed by atoms with Gasteiger partial charge in [0.25, 0.3) is 0 Å². The molecule has 0 amide bonds. The minimum absolute atomic E-state index is 0.179. The highest BCUT2D eigenvalue weighted by molar-refractivity contribution is 5.94. The van der Waals surface area contributed by atoms with E-state index in [2.05, 4.69) is 0 Å². The fourth-order valence-corrected chi connectivity index (χ4v) is 2.01. The summed E-state index contributed by atoms with van der Waals surface area (Å²) in [5.41, 5.74) is 2.28. The van der Waals surface area contributed by atoms with Crippen LogP contribution >= 0.6 is 0 Å². The number of rotatable bonds is 1. The van der Waals surface area contributed by atoms with Gasteiger partial charge in [0.15, 0.2) is 6.04 Å². The van der Waals surface area contributed by atoms with Crippen LogP contribution in [0.25, 0.3) is 0 Å². The number of aliphatic carboxylic acids is 1. The maximum Gasteiger partial charge on any atom is 0.328 e. The smallest absolute Gasteiger partial charge is 0.328 e. The molecule has 0 bridgehead atoms. The Morgan fingerprint density at radius 2 is 2.17 bits per heavy atom. The summed E-state index contributed by atoms with van der Waals surface area (Å²) in [6.45, 7) is 0. The highest BCUT2D eigenvalue weighted by atomic mass is 16.4. The van der Waals surface area contributed by atoms with Crippen LogP contribution in [0.5, 0.6) is 0 Å². The molecule has 1 fully saturated rings. The summed E-state index contributed by atoms with van der Waals surface area (Å²) in [6.07, 6.45) is 0. The number of carboxylic acid groups (broad SMARTS) is 1. The summed E-state index contributed by atoms with van der Waals surface area (Å²) in [5.74, 6) is -0.712. The van der Waals surface area contributed by atoms with Crippen LogP contribution in [0.4, 0.5) is 5.69 Å². The topological polar surface area (TPSA) is 40.3 Å². The normalized spacial score (nSPS) is 28.5. The Hall–Kier alpha value is -1.51. The molecule has 1 aromatic carbocycles. The van der Waals surface area contributed by atoms with E-state index in [1.54, 1.807) is 0 Å². The van der Waals surface area contributed by atoms with E-state index in [1.807, 2.05) is 29.2 Å². The number of carboxylic acids is 1. The van der Waals surface area contributed by atoms with E-state index < -0.39 is 5.97 Å². The highest BCUT2D eigenvalue weighted by Crippen LogP contribution is 2.59. The van der Waals surface area contributed by atoms with E-state index in [9.17, 15) is 4.79 Å². The van der Waals surface area contributed by atoms with Gasteiger partial charge in [0, 0.05) is 11.3 Å². The van der Waals surface area contributed by atoms with Gasteiger partial charge in [-0.3, -0.25) is 0 Å². The third-order valence-corrected chi connectivity index (χ3v) is 2.60. The maximum absolute atomic E-state index is 10.6. The zero-order chi connectivity index (χ0) is 8.29. The molecule has 0 saturated carbocycles. The molecule has 0 aromatic heterocycles. The van der Waals surface area contributed by atoms with Gasteiger partial charge in [-0.15, -0.1) is 0 Å². The van der Waals surface area contributed by atoms with Crippen LogP contribution in [-0.4, -0.2) is 17.1 Å². The number of hydrogen-bond acceptors (Lipinski definition) is 2. The largest absolute Gasteiger partial charge is 0.480 e. The minimum atomic E-state index is -0.712. The van der Waals surface area contributed by atoms with Crippen molar-refractivity contribution in [3.05, 3.63) is 29.8 Å². The SMILES string of the molecule is O=C(O)C1C2c3ccccc3N12. The van der Waals surface area contributed by atoms with Crippen molar-refractivity contribution < 1.29 is 9.90 Å². The average molecular weight is 161 g/mol. The molecule has 2 aliphatic heterocycles. The van der Waals surface area contributed by atoms with E-state index in [1.165, 1.54) is 5.56 Å². The van der Waals surface area contributed by atoms with Crippen LogP contribution < -0.4 is 4.90 Å². The molecule has 1 N–H and O–H groups in total. The minimum Gasteiger partial charge on any atom is -0.480 e. The molecule has 0 spiro atoms. The molecule has 2 unspecified atom stereocenters. The number of benzene rings is 1. The molecule has 2 heterocycles. The van der Waals surface area contributed by atoms with Crippen molar-refractivity contribution in [2.45, 2.75) is 12.1 Å². The molecule has 2 atom stereocenters. The van der Waals surface area contributed by atoms with Crippen molar-refractivity contribution in [2.24, 2.45) is 0 Å². The number of carbonyl (C=O) groups is 1. The second-order valence-electron chi connectivity index (χ2n) is 3.19. The van der Waals surface area contributed by atoms with Crippen molar-refractivity contribution in [2.75, 3.05) is 4.90 Å². The predicted octanol–water partition coefficient (Wildman–Crippen LogP) is 1.01. The Balaban J connectivity index is 2.01. The van der Waals surface area contributed by atoms with Crippen molar-refractivity contribution in [1.29, 1.82) is 0 Å². The zero-order valence-electron chi connectivity index (χ0n) is 6.27. The fraction of sp³-hybridized carbons (Fsp3) is 0.222. The Morgan fingerprint density at radius 1 is 1.42 bits per heavy atom. The van der Waals surface area contributed by atoms with Gasteiger partial charge in [-0.2, -0.15) is 0 Å². The number of nitrogens with zero attached hydrogens (tertiary/aromatic N) is 1. The van der Waals surface area contributed by atoms with Crippen LogP contribution in [-0.2, 0) is 4.79 Å². The summed E-state index contributed by atoms with van der Waals surface area (Å²) >= 11 is 0. The highest BCUT2D eigenvalue weighted by Gasteiger charge is 2.62. The van der Waals surface area contributed by atoms with Gasteiger partial charge < -0.3 is 10.0 Å². The molecule has 1 aromatic rings. The van der Waals surface area contributed by atoms with Gasteiger partial charge in [-0.1, -0.05) is 18.2 Å². The van der Waals surface area contributed by atoms with E-state index in [-0.39, 0.29) is 12.1 Å². The lowest BCUT2D eigenvalue weighted by molar-refractivity contribution is -0.136. The predicted molar refractivity (Wildman–Crippen MR) is 43.1 cm³/mol. The van der Waals surface area contributed by atoms with Gasteiger partial charge in [0.05, 0.1) is 6.04 Å². The van der Waals surface area contributed by atoms with Crippen molar-refractivity contribution in [3.8, 4) is 0 Å². The number of hydrogen-bond donors (Lipinski definition) is 1. The lowest BCUT2D eigenvalue weighted by Gasteiger charge is -2.18. The second-order valence-corrected chi connectivity index (χ2v) is 3.19. The first-order valence-electron chi connectivity index (χ1n) is 3.91. The number of fused-ring (bicyclic) bond motifs is 4. The van der Waals surface area contributed by atoms with E-state index >= 15 is 0 Å². The molecule has 60 valence electrons. The average Bonchev–Trinajstić information content (AvgIpc) is 2.69. The first-order valence-corrected chi connectivity index (χ1v) is 3.91. The Kier molecular flexibility index (Phi) is 0.822. The monoisotopic (exact) mass is 161 g/mol. The second kappa shape index (κ2) is 1.63. The Bertz CT molecular complexity index is 346. The molecule has 3 nitrogen and oxygen atoms in total. The summed E-state index contributed by atoms with van der Waals surface area (Å²) in [7, 11) is 0. The molecule has 2 aliphatic rings. The van der Waals surface area contributed by atoms with Gasteiger partial charge in [0.1, 0.15) is 0 Å². The maximum atomic E-state index is 10.6. The molecule has 0 aliphatic carbocycles. The fourth-order valence-electron chi connectivity index (χ4n) is 2.01. The standard InChI is InChI=1S/C9H7NO2/c11-9(12)8-7-5-3-1-2-4-6(5)10(7)8/h1-4,7-8H,(H,11,12). The number of anilines is 1. The van der Waals surface area contributed by atoms with E-state index in [0.29, 0.717) is 0 Å². The van der Waals surface area contributed by atoms with E-state index in [4.69, 9.17) is 5.11 Å². The first-order chi connectivity index (χ1) is 5.80. The van der Waals surface area contributed by atoms with Crippen LogP contribution in [0.3, 0.4) is 0 Å². The summed E-state index contributed by atoms with van der Waals surface area (Å²) in [6, 6.07) is 7.76. The van der Waals surface area contributed by atoms with Gasteiger partial charge in [-0.05, 0) is 6.07 Å². The summed E-state index contributed by atoms with van der Waals surface area (Å²) in [5, 5.41) is 8.76. The molecule has 12 heavy (non-hydrogen) atoms. The van der Waals surface area contributed by atoms with Crippen molar-refractivity contribution >= 4 is 11.7 Å². The molecule has 3 heteroatoms. The van der Waals surface area contributed by atoms with E-state index in [0.717, 1.165) is 5.69 Å². The first kappa shape index (κ1) is 6.06. The van der Waals surface area contributed by atoms with Crippen LogP contribution in [0.15, 0.2) is 24.3 Å². The summed E-state index contributed by atoms with van der Waals surface area (Å²) < 4.78 is 0. The molecule has 3 rings (SSSR count). The molecular weight excluding hydrogens is 154 g/mol. The third kappa shape index (κ3) is 0.480. The van der Waals surface area contributed by atoms with Crippen LogP contribution in [0.2, 0.25) is 0 Å². The Morgan fingerprint density at radius 3 is 2.83 bits per heavy atom. The van der Waals surface area contributed by atoms with Crippen molar-refractivity contribution in [1.82, 2.24) is 0 Å². The van der Waals surface area contributed by atoms with Gasteiger partial charge in [-0.25, -0.2) is 4.79 Å². The van der Waals surface area contributed by atoms with Gasteiger partial charge >= 0.3 is 5.97 Å². The van der Waals surface area contributed by atoms with Crippen LogP contribution in [0.1, 0.15) is 11.6 Å². The lowest BCUT2D eigenvalue weighted by atomic mass is 10.0. The molecular formula is C9H7NO2. The third-order valence-electron chi connectivity index (χ3n) is 2.60. The quantitative estimate of drug-likeness (QED) is 0.625. The molecule has 1 saturated heterocycles. The number of para-hydroxylation sites is 1. The summed E-state index contributed by atoms with van der Waals surface area (Å²) in [4.78, 5) is 12.6. The Labute approximate surface area is 69.2 Å². The van der Waals surface area contributed by atoms with Gasteiger partial charge in [0.2, 0.25) is 0 Å². The zero-order valence-corrected chi connectivity index (χ0v) is 6.27.